The molecule has 2 heterocycles. The van der Waals surface area contributed by atoms with Crippen LogP contribution in [0.1, 0.15) is 19.8 Å². The van der Waals surface area contributed by atoms with Crippen molar-refractivity contribution in [2.24, 2.45) is 5.92 Å². The molecule has 150 valence electrons. The van der Waals surface area contributed by atoms with E-state index in [-0.39, 0.29) is 24.1 Å². The maximum atomic E-state index is 13.6. The number of carbonyl (C=O) groups excluding carboxylic acids is 1. The molecule has 0 saturated heterocycles. The van der Waals surface area contributed by atoms with Gasteiger partial charge in [-0.2, -0.15) is 4.98 Å². The Morgan fingerprint density at radius 2 is 2.03 bits per heavy atom. The van der Waals surface area contributed by atoms with Gasteiger partial charge in [0.15, 0.2) is 23.2 Å². The number of rotatable bonds is 5. The first kappa shape index (κ1) is 18.9. The highest BCUT2D eigenvalue weighted by atomic mass is 19.1. The molecule has 2 N–H and O–H groups in total. The molecule has 1 atom stereocenters. The van der Waals surface area contributed by atoms with Crippen LogP contribution >= 0.6 is 0 Å². The predicted molar refractivity (Wildman–Crippen MR) is 104 cm³/mol. The van der Waals surface area contributed by atoms with E-state index in [4.69, 9.17) is 6.42 Å². The molecule has 1 aliphatic heterocycles. The number of halogens is 2. The fraction of sp³-hybridized carbons (Fsp3) is 0.350. The third-order valence-electron chi connectivity index (χ3n) is 5.08. The first-order chi connectivity index (χ1) is 13.9. The lowest BCUT2D eigenvalue weighted by atomic mass is 10.1. The summed E-state index contributed by atoms with van der Waals surface area (Å²) in [4.78, 5) is 24.8. The van der Waals surface area contributed by atoms with Crippen LogP contribution in [0.15, 0.2) is 18.3 Å². The van der Waals surface area contributed by atoms with Crippen LogP contribution in [0.3, 0.4) is 0 Å². The van der Waals surface area contributed by atoms with Gasteiger partial charge >= 0.3 is 0 Å². The zero-order valence-electron chi connectivity index (χ0n) is 15.7. The summed E-state index contributed by atoms with van der Waals surface area (Å²) in [6.07, 6.45) is 9.09. The zero-order valence-corrected chi connectivity index (χ0v) is 15.7. The van der Waals surface area contributed by atoms with Crippen LogP contribution in [0.25, 0.3) is 0 Å². The first-order valence-corrected chi connectivity index (χ1v) is 9.22. The van der Waals surface area contributed by atoms with Crippen molar-refractivity contribution in [3.63, 3.8) is 0 Å². The molecule has 1 aliphatic carbocycles. The highest BCUT2D eigenvalue weighted by Gasteiger charge is 2.39. The topological polar surface area (TPSA) is 81.6 Å². The number of nitrogens with zero attached hydrogens (tertiary/aromatic N) is 4. The van der Waals surface area contributed by atoms with Crippen LogP contribution in [-0.4, -0.2) is 40.1 Å². The van der Waals surface area contributed by atoms with Gasteiger partial charge < -0.3 is 15.3 Å². The largest absolute Gasteiger partial charge is 0.503 e. The average Bonchev–Trinajstić information content (AvgIpc) is 3.51. The van der Waals surface area contributed by atoms with Crippen molar-refractivity contribution >= 4 is 29.0 Å². The van der Waals surface area contributed by atoms with Crippen molar-refractivity contribution < 1.29 is 18.7 Å². The smallest absolute Gasteiger partial charge is 0.250 e. The standard InChI is InChI=1S/C20H19F2N5O2/c1-3-6-26-16-9-23-20(24-13-7-14(21)17(28)15(22)8-13)25-18(16)27(10-12-4-5-12)11(2)19(26)29/h1,7-9,11-12,28H,4-6,10H2,2H3,(H,23,24,25)/t11-/m0/s1. The molecular weight excluding hydrogens is 380 g/mol. The third-order valence-corrected chi connectivity index (χ3v) is 5.08. The highest BCUT2D eigenvalue weighted by Crippen LogP contribution is 2.39. The van der Waals surface area contributed by atoms with Crippen LogP contribution in [0.5, 0.6) is 5.75 Å². The van der Waals surface area contributed by atoms with Gasteiger partial charge in [0.25, 0.3) is 0 Å². The minimum Gasteiger partial charge on any atom is -0.503 e. The van der Waals surface area contributed by atoms with Crippen LogP contribution in [0.2, 0.25) is 0 Å². The van der Waals surface area contributed by atoms with Gasteiger partial charge in [-0.1, -0.05) is 5.92 Å². The fourth-order valence-corrected chi connectivity index (χ4v) is 3.33. The molecule has 9 heteroatoms. The second-order valence-corrected chi connectivity index (χ2v) is 7.22. The lowest BCUT2D eigenvalue weighted by Crippen LogP contribution is -2.53. The van der Waals surface area contributed by atoms with Gasteiger partial charge in [-0.25, -0.2) is 13.8 Å². The van der Waals surface area contributed by atoms with Gasteiger partial charge in [0.1, 0.15) is 11.7 Å². The highest BCUT2D eigenvalue weighted by molar-refractivity contribution is 6.04. The molecule has 0 bridgehead atoms. The van der Waals surface area contributed by atoms with E-state index in [9.17, 15) is 18.7 Å². The molecule has 4 rings (SSSR count). The Morgan fingerprint density at radius 3 is 2.66 bits per heavy atom. The number of anilines is 4. The predicted octanol–water partition coefficient (Wildman–Crippen LogP) is 2.79. The molecule has 1 amide bonds. The summed E-state index contributed by atoms with van der Waals surface area (Å²) < 4.78 is 27.2. The average molecular weight is 399 g/mol. The minimum atomic E-state index is -1.10. The van der Waals surface area contributed by atoms with Crippen molar-refractivity contribution in [2.45, 2.75) is 25.8 Å². The summed E-state index contributed by atoms with van der Waals surface area (Å²) in [5, 5.41) is 12.0. The summed E-state index contributed by atoms with van der Waals surface area (Å²) in [5.74, 6) is 0.265. The van der Waals surface area contributed by atoms with Crippen molar-refractivity contribution in [1.82, 2.24) is 9.97 Å². The van der Waals surface area contributed by atoms with Crippen molar-refractivity contribution in [3.05, 3.63) is 30.0 Å². The lowest BCUT2D eigenvalue weighted by Gasteiger charge is -2.40. The number of amides is 1. The van der Waals surface area contributed by atoms with Gasteiger partial charge in [0.2, 0.25) is 11.9 Å². The number of hydrogen-bond donors (Lipinski definition) is 2. The van der Waals surface area contributed by atoms with Crippen molar-refractivity contribution in [3.8, 4) is 18.1 Å². The number of nitrogens with one attached hydrogen (secondary N) is 1. The molecule has 7 nitrogen and oxygen atoms in total. The monoisotopic (exact) mass is 399 g/mol. The van der Waals surface area contributed by atoms with Gasteiger partial charge in [0.05, 0.1) is 12.7 Å². The Bertz CT molecular complexity index is 995. The summed E-state index contributed by atoms with van der Waals surface area (Å²) in [6.45, 7) is 2.58. The van der Waals surface area contributed by atoms with E-state index >= 15 is 0 Å². The number of phenolic OH excluding ortho intramolecular Hbond substituents is 1. The molecule has 1 aromatic heterocycles. The summed E-state index contributed by atoms with van der Waals surface area (Å²) in [5.41, 5.74) is 0.548. The van der Waals surface area contributed by atoms with Crippen molar-refractivity contribution in [2.75, 3.05) is 28.2 Å². The Morgan fingerprint density at radius 1 is 1.34 bits per heavy atom. The molecule has 2 aliphatic rings. The molecule has 1 fully saturated rings. The summed E-state index contributed by atoms with van der Waals surface area (Å²) >= 11 is 0. The van der Waals surface area contributed by atoms with Crippen LogP contribution in [-0.2, 0) is 4.79 Å². The molecule has 2 aromatic rings. The molecular formula is C20H19F2N5O2. The molecule has 0 radical (unpaired) electrons. The van der Waals surface area contributed by atoms with Crippen LogP contribution in [0.4, 0.5) is 31.9 Å². The normalized spacial score (nSPS) is 18.4. The quantitative estimate of drug-likeness (QED) is 0.595. The van der Waals surface area contributed by atoms with E-state index in [1.54, 1.807) is 6.92 Å². The zero-order chi connectivity index (χ0) is 20.7. The van der Waals surface area contributed by atoms with E-state index in [1.807, 2.05) is 4.90 Å². The maximum absolute atomic E-state index is 13.6. The third kappa shape index (κ3) is 3.53. The second-order valence-electron chi connectivity index (χ2n) is 7.22. The Hall–Kier alpha value is -3.41. The molecule has 29 heavy (non-hydrogen) atoms. The Kier molecular flexibility index (Phi) is 4.70. The van der Waals surface area contributed by atoms with E-state index in [2.05, 4.69) is 21.2 Å². The van der Waals surface area contributed by atoms with Crippen LogP contribution < -0.4 is 15.1 Å². The number of terminal acetylenes is 1. The summed E-state index contributed by atoms with van der Waals surface area (Å²) in [7, 11) is 0. The molecule has 1 aromatic carbocycles. The van der Waals surface area contributed by atoms with Gasteiger partial charge in [-0.15, -0.1) is 6.42 Å². The number of hydrogen-bond acceptors (Lipinski definition) is 6. The molecule has 0 unspecified atom stereocenters. The van der Waals surface area contributed by atoms with E-state index in [0.29, 0.717) is 24.0 Å². The van der Waals surface area contributed by atoms with Crippen LogP contribution in [0, 0.1) is 29.9 Å². The number of fused-ring (bicyclic) bond motifs is 1. The second kappa shape index (κ2) is 7.20. The maximum Gasteiger partial charge on any atom is 0.250 e. The number of benzene rings is 1. The Labute approximate surface area is 166 Å². The Balaban J connectivity index is 1.71. The van der Waals surface area contributed by atoms with Gasteiger partial charge in [-0.3, -0.25) is 9.69 Å². The fourth-order valence-electron chi connectivity index (χ4n) is 3.33. The van der Waals surface area contributed by atoms with Gasteiger partial charge in [0, 0.05) is 24.4 Å². The SMILES string of the molecule is C#CCN1C(=O)[C@H](C)N(CC2CC2)c2nc(Nc3cc(F)c(O)c(F)c3)ncc21. The van der Waals surface area contributed by atoms with Gasteiger partial charge in [-0.05, 0) is 25.7 Å². The summed E-state index contributed by atoms with van der Waals surface area (Å²) in [6, 6.07) is 1.45. The number of aromatic hydroxyl groups is 1. The van der Waals surface area contributed by atoms with E-state index in [1.165, 1.54) is 11.1 Å². The van der Waals surface area contributed by atoms with E-state index in [0.717, 1.165) is 25.0 Å². The minimum absolute atomic E-state index is 0.0481. The first-order valence-electron chi connectivity index (χ1n) is 9.22. The number of phenols is 1. The van der Waals surface area contributed by atoms with Crippen molar-refractivity contribution in [1.29, 1.82) is 0 Å². The number of carbonyl (C=O) groups is 1. The molecule has 0 spiro atoms. The van der Waals surface area contributed by atoms with E-state index < -0.39 is 23.4 Å². The lowest BCUT2D eigenvalue weighted by molar-refractivity contribution is -0.119. The molecule has 1 saturated carbocycles. The number of aromatic nitrogens is 2.